The van der Waals surface area contributed by atoms with Crippen LogP contribution in [0.4, 0.5) is 11.4 Å². The van der Waals surface area contributed by atoms with Gasteiger partial charge < -0.3 is 0 Å². The van der Waals surface area contributed by atoms with Crippen molar-refractivity contribution < 1.29 is 4.92 Å². The molecule has 4 aromatic carbocycles. The van der Waals surface area contributed by atoms with E-state index in [1.165, 1.54) is 24.1 Å². The van der Waals surface area contributed by atoms with Crippen LogP contribution in [0, 0.1) is 10.1 Å². The minimum Gasteiger partial charge on any atom is -0.258 e. The number of non-ortho nitro benzene ring substituents is 1. The van der Waals surface area contributed by atoms with Gasteiger partial charge in [-0.3, -0.25) is 10.1 Å². The van der Waals surface area contributed by atoms with Crippen LogP contribution in [-0.2, 0) is 5.41 Å². The molecule has 0 bridgehead atoms. The van der Waals surface area contributed by atoms with Crippen molar-refractivity contribution in [3.8, 4) is 22.3 Å². The smallest absolute Gasteiger partial charge is 0.258 e. The highest BCUT2D eigenvalue weighted by Crippen LogP contribution is 2.43. The SMILES string of the molecule is CC(C)(C)c1cc(-c2ccccc2)cc(-c2ccccc2)c1[N]Sc1ccc([N+](=O)[O-])cc1. The van der Waals surface area contributed by atoms with Crippen molar-refractivity contribution in [2.24, 2.45) is 0 Å². The summed E-state index contributed by atoms with van der Waals surface area (Å²) < 4.78 is 4.98. The van der Waals surface area contributed by atoms with Crippen LogP contribution in [-0.4, -0.2) is 4.92 Å². The molecule has 0 heterocycles. The first-order valence-corrected chi connectivity index (χ1v) is 11.5. The van der Waals surface area contributed by atoms with Crippen molar-refractivity contribution in [3.05, 3.63) is 113 Å². The van der Waals surface area contributed by atoms with E-state index < -0.39 is 0 Å². The second-order valence-electron chi connectivity index (χ2n) is 8.84. The Morgan fingerprint density at radius 1 is 0.758 bits per heavy atom. The van der Waals surface area contributed by atoms with Crippen LogP contribution in [0.25, 0.3) is 22.3 Å². The molecule has 0 saturated heterocycles. The summed E-state index contributed by atoms with van der Waals surface area (Å²) in [6, 6.07) is 31.6. The molecule has 0 fully saturated rings. The zero-order valence-electron chi connectivity index (χ0n) is 18.9. The fourth-order valence-corrected chi connectivity index (χ4v) is 4.32. The molecular formula is C28H25N2O2S. The maximum atomic E-state index is 11.0. The lowest BCUT2D eigenvalue weighted by Gasteiger charge is -2.26. The van der Waals surface area contributed by atoms with Crippen LogP contribution in [0.5, 0.6) is 0 Å². The summed E-state index contributed by atoms with van der Waals surface area (Å²) in [5.74, 6) is 0. The van der Waals surface area contributed by atoms with Crippen LogP contribution in [0.3, 0.4) is 0 Å². The van der Waals surface area contributed by atoms with Crippen molar-refractivity contribution in [2.45, 2.75) is 31.1 Å². The quantitative estimate of drug-likeness (QED) is 0.168. The first-order chi connectivity index (χ1) is 15.8. The van der Waals surface area contributed by atoms with E-state index in [0.29, 0.717) is 0 Å². The lowest BCUT2D eigenvalue weighted by Crippen LogP contribution is -2.14. The number of nitro benzene ring substituents is 1. The average molecular weight is 454 g/mol. The Labute approximate surface area is 199 Å². The Balaban J connectivity index is 1.82. The van der Waals surface area contributed by atoms with Crippen molar-refractivity contribution in [3.63, 3.8) is 0 Å². The maximum absolute atomic E-state index is 11.0. The normalized spacial score (nSPS) is 11.2. The van der Waals surface area contributed by atoms with Gasteiger partial charge in [0.1, 0.15) is 0 Å². The largest absolute Gasteiger partial charge is 0.269 e. The van der Waals surface area contributed by atoms with E-state index >= 15 is 0 Å². The van der Waals surface area contributed by atoms with Gasteiger partial charge in [-0.1, -0.05) is 81.4 Å². The van der Waals surface area contributed by atoms with Crippen LogP contribution < -0.4 is 4.72 Å². The van der Waals surface area contributed by atoms with Gasteiger partial charge in [-0.2, -0.15) is 0 Å². The summed E-state index contributed by atoms with van der Waals surface area (Å²) in [4.78, 5) is 11.4. The number of nitrogens with zero attached hydrogens (tertiary/aromatic N) is 2. The topological polar surface area (TPSA) is 57.2 Å². The Morgan fingerprint density at radius 2 is 1.33 bits per heavy atom. The lowest BCUT2D eigenvalue weighted by molar-refractivity contribution is -0.384. The van der Waals surface area contributed by atoms with E-state index in [1.807, 2.05) is 24.3 Å². The van der Waals surface area contributed by atoms with E-state index in [0.717, 1.165) is 38.4 Å². The van der Waals surface area contributed by atoms with Gasteiger partial charge in [0.2, 0.25) is 0 Å². The molecule has 0 aliphatic rings. The Bertz CT molecular complexity index is 1250. The third-order valence-electron chi connectivity index (χ3n) is 5.40. The second kappa shape index (κ2) is 9.51. The average Bonchev–Trinajstić information content (AvgIpc) is 2.83. The first kappa shape index (κ1) is 22.6. The highest BCUT2D eigenvalue weighted by atomic mass is 32.2. The van der Waals surface area contributed by atoms with Crippen molar-refractivity contribution in [1.82, 2.24) is 4.72 Å². The number of hydrogen-bond donors (Lipinski definition) is 0. The zero-order chi connectivity index (χ0) is 23.4. The van der Waals surface area contributed by atoms with Gasteiger partial charge in [-0.25, -0.2) is 4.72 Å². The molecule has 0 amide bonds. The monoisotopic (exact) mass is 453 g/mol. The van der Waals surface area contributed by atoms with Gasteiger partial charge in [0.15, 0.2) is 0 Å². The Hall–Kier alpha value is -3.57. The Kier molecular flexibility index (Phi) is 6.52. The molecule has 0 aliphatic carbocycles. The zero-order valence-corrected chi connectivity index (χ0v) is 19.7. The van der Waals surface area contributed by atoms with Crippen molar-refractivity contribution >= 4 is 23.3 Å². The molecule has 0 N–H and O–H groups in total. The van der Waals surface area contributed by atoms with Crippen LogP contribution in [0.1, 0.15) is 26.3 Å². The maximum Gasteiger partial charge on any atom is 0.269 e. The minimum atomic E-state index is -0.390. The van der Waals surface area contributed by atoms with Gasteiger partial charge in [-0.05, 0) is 51.9 Å². The molecule has 0 spiro atoms. The predicted molar refractivity (Wildman–Crippen MR) is 137 cm³/mol. The molecule has 1 radical (unpaired) electrons. The minimum absolute atomic E-state index is 0.0759. The van der Waals surface area contributed by atoms with Crippen LogP contribution in [0.2, 0.25) is 0 Å². The molecule has 4 rings (SSSR count). The van der Waals surface area contributed by atoms with Gasteiger partial charge in [0, 0.05) is 34.5 Å². The summed E-state index contributed by atoms with van der Waals surface area (Å²) in [5.41, 5.74) is 6.50. The van der Waals surface area contributed by atoms with E-state index in [1.54, 1.807) is 12.1 Å². The molecule has 0 saturated carbocycles. The standard InChI is InChI=1S/C28H25N2O2S/c1-28(2,3)26-19-22(20-10-6-4-7-11-20)18-25(21-12-8-5-9-13-21)27(26)29-33-24-16-14-23(15-17-24)30(31)32/h4-19H,1-3H3. The summed E-state index contributed by atoms with van der Waals surface area (Å²) >= 11 is 1.34. The second-order valence-corrected chi connectivity index (χ2v) is 9.67. The van der Waals surface area contributed by atoms with Crippen LogP contribution >= 0.6 is 11.9 Å². The van der Waals surface area contributed by atoms with Crippen molar-refractivity contribution in [1.29, 1.82) is 0 Å². The molecule has 0 unspecified atom stereocenters. The first-order valence-electron chi connectivity index (χ1n) is 10.7. The van der Waals surface area contributed by atoms with E-state index in [9.17, 15) is 10.1 Å². The van der Waals surface area contributed by atoms with Gasteiger partial charge >= 0.3 is 0 Å². The molecule has 0 atom stereocenters. The van der Waals surface area contributed by atoms with Gasteiger partial charge in [0.05, 0.1) is 10.6 Å². The molecule has 0 aliphatic heterocycles. The molecule has 4 nitrogen and oxygen atoms in total. The molecule has 5 heteroatoms. The highest BCUT2D eigenvalue weighted by molar-refractivity contribution is 7.97. The van der Waals surface area contributed by atoms with Crippen molar-refractivity contribution in [2.75, 3.05) is 0 Å². The number of hydrogen-bond acceptors (Lipinski definition) is 3. The third-order valence-corrected chi connectivity index (χ3v) is 6.16. The molecular weight excluding hydrogens is 428 g/mol. The van der Waals surface area contributed by atoms with Crippen LogP contribution in [0.15, 0.2) is 102 Å². The number of nitro groups is 1. The fourth-order valence-electron chi connectivity index (χ4n) is 3.67. The number of rotatable bonds is 6. The van der Waals surface area contributed by atoms with E-state index in [4.69, 9.17) is 4.72 Å². The lowest BCUT2D eigenvalue weighted by atomic mass is 9.81. The summed E-state index contributed by atoms with van der Waals surface area (Å²) in [6.07, 6.45) is 0. The van der Waals surface area contributed by atoms with E-state index in [2.05, 4.69) is 69.3 Å². The van der Waals surface area contributed by atoms with E-state index in [-0.39, 0.29) is 16.0 Å². The molecule has 0 aromatic heterocycles. The summed E-state index contributed by atoms with van der Waals surface area (Å²) in [5, 5.41) is 11.0. The number of benzene rings is 4. The summed E-state index contributed by atoms with van der Waals surface area (Å²) in [7, 11) is 0. The molecule has 33 heavy (non-hydrogen) atoms. The Morgan fingerprint density at radius 3 is 1.88 bits per heavy atom. The molecule has 4 aromatic rings. The third kappa shape index (κ3) is 5.26. The summed E-state index contributed by atoms with van der Waals surface area (Å²) in [6.45, 7) is 6.59. The predicted octanol–water partition coefficient (Wildman–Crippen LogP) is 8.17. The molecule has 165 valence electrons. The van der Waals surface area contributed by atoms with Gasteiger partial charge in [0.25, 0.3) is 5.69 Å². The highest BCUT2D eigenvalue weighted by Gasteiger charge is 2.24. The van der Waals surface area contributed by atoms with Gasteiger partial charge in [-0.15, -0.1) is 0 Å². The fraction of sp³-hybridized carbons (Fsp3) is 0.143.